The molecule has 0 aliphatic rings. The Morgan fingerprint density at radius 1 is 1.44 bits per heavy atom. The summed E-state index contributed by atoms with van der Waals surface area (Å²) < 4.78 is 0. The highest BCUT2D eigenvalue weighted by Crippen LogP contribution is 2.10. The summed E-state index contributed by atoms with van der Waals surface area (Å²) in [4.78, 5) is 8.42. The van der Waals surface area contributed by atoms with Crippen LogP contribution < -0.4 is 5.32 Å². The third kappa shape index (κ3) is 3.90. The first kappa shape index (κ1) is 12.5. The molecule has 3 heteroatoms. The molecule has 0 amide bonds. The van der Waals surface area contributed by atoms with Crippen molar-refractivity contribution >= 4 is 5.82 Å². The predicted octanol–water partition coefficient (Wildman–Crippen LogP) is 2.64. The van der Waals surface area contributed by atoms with Crippen LogP contribution in [0.4, 0.5) is 5.82 Å². The highest BCUT2D eigenvalue weighted by molar-refractivity contribution is 5.36. The van der Waals surface area contributed by atoms with E-state index in [1.807, 2.05) is 6.07 Å². The van der Waals surface area contributed by atoms with Gasteiger partial charge in [0.15, 0.2) is 0 Å². The number of aromatic nitrogens is 2. The van der Waals surface area contributed by atoms with Crippen molar-refractivity contribution in [2.75, 3.05) is 5.32 Å². The molecule has 1 unspecified atom stereocenters. The molecule has 0 saturated heterocycles. The number of rotatable bonds is 6. The monoisotopic (exact) mass is 217 g/mol. The Bertz CT molecular complexity index is 354. The smallest absolute Gasteiger partial charge is 0.129 e. The first-order valence-corrected chi connectivity index (χ1v) is 5.81. The Morgan fingerprint density at radius 2 is 2.25 bits per heavy atom. The van der Waals surface area contributed by atoms with Gasteiger partial charge in [-0.15, -0.1) is 12.3 Å². The van der Waals surface area contributed by atoms with Crippen LogP contribution >= 0.6 is 0 Å². The van der Waals surface area contributed by atoms with E-state index in [9.17, 15) is 0 Å². The maximum absolute atomic E-state index is 5.31. The van der Waals surface area contributed by atoms with E-state index in [0.29, 0.717) is 6.04 Å². The van der Waals surface area contributed by atoms with Gasteiger partial charge in [-0.25, -0.2) is 9.97 Å². The van der Waals surface area contributed by atoms with Crippen molar-refractivity contribution in [1.29, 1.82) is 0 Å². The molecule has 0 spiro atoms. The van der Waals surface area contributed by atoms with Gasteiger partial charge in [-0.05, 0) is 12.8 Å². The van der Waals surface area contributed by atoms with E-state index in [1.54, 1.807) is 6.33 Å². The van der Waals surface area contributed by atoms with Crippen LogP contribution in [0.25, 0.3) is 0 Å². The Hall–Kier alpha value is -1.56. The summed E-state index contributed by atoms with van der Waals surface area (Å²) in [6.45, 7) is 4.26. The van der Waals surface area contributed by atoms with E-state index in [1.165, 1.54) is 0 Å². The molecule has 0 saturated carbocycles. The summed E-state index contributed by atoms with van der Waals surface area (Å²) in [5, 5.41) is 3.33. The highest BCUT2D eigenvalue weighted by atomic mass is 15.0. The lowest BCUT2D eigenvalue weighted by Gasteiger charge is -2.14. The fourth-order valence-corrected chi connectivity index (χ4v) is 1.52. The molecule has 1 aromatic rings. The summed E-state index contributed by atoms with van der Waals surface area (Å²) in [7, 11) is 0. The molecule has 1 heterocycles. The molecule has 1 rings (SSSR count). The van der Waals surface area contributed by atoms with Gasteiger partial charge in [0.2, 0.25) is 0 Å². The van der Waals surface area contributed by atoms with Crippen LogP contribution in [-0.2, 0) is 6.42 Å². The van der Waals surface area contributed by atoms with Gasteiger partial charge in [-0.1, -0.05) is 20.3 Å². The lowest BCUT2D eigenvalue weighted by molar-refractivity contribution is 0.710. The Balaban J connectivity index is 2.65. The molecular weight excluding hydrogens is 198 g/mol. The third-order valence-electron chi connectivity index (χ3n) is 2.44. The number of nitrogens with one attached hydrogen (secondary N) is 1. The minimum absolute atomic E-state index is 0.300. The van der Waals surface area contributed by atoms with Crippen molar-refractivity contribution in [1.82, 2.24) is 9.97 Å². The second-order valence-electron chi connectivity index (χ2n) is 3.80. The molecule has 16 heavy (non-hydrogen) atoms. The summed E-state index contributed by atoms with van der Waals surface area (Å²) in [5.74, 6) is 3.55. The molecule has 1 atom stereocenters. The first-order valence-electron chi connectivity index (χ1n) is 5.81. The van der Waals surface area contributed by atoms with Gasteiger partial charge in [0.05, 0.1) is 0 Å². The van der Waals surface area contributed by atoms with Gasteiger partial charge < -0.3 is 5.32 Å². The summed E-state index contributed by atoms with van der Waals surface area (Å²) >= 11 is 0. The molecule has 0 radical (unpaired) electrons. The molecule has 3 nitrogen and oxygen atoms in total. The van der Waals surface area contributed by atoms with Crippen LogP contribution in [-0.4, -0.2) is 16.0 Å². The fraction of sp³-hybridized carbons (Fsp3) is 0.538. The number of nitrogens with zero attached hydrogens (tertiary/aromatic N) is 2. The zero-order valence-corrected chi connectivity index (χ0v) is 10.0. The van der Waals surface area contributed by atoms with E-state index in [-0.39, 0.29) is 0 Å². The van der Waals surface area contributed by atoms with Gasteiger partial charge in [-0.3, -0.25) is 0 Å². The zero-order valence-electron chi connectivity index (χ0n) is 10.0. The maximum Gasteiger partial charge on any atom is 0.129 e. The quantitative estimate of drug-likeness (QED) is 0.744. The molecule has 0 aromatic carbocycles. The maximum atomic E-state index is 5.31. The summed E-state index contributed by atoms with van der Waals surface area (Å²) in [6.07, 6.45) is 10.7. The van der Waals surface area contributed by atoms with Crippen molar-refractivity contribution in [2.45, 2.75) is 45.6 Å². The van der Waals surface area contributed by atoms with E-state index in [4.69, 9.17) is 6.42 Å². The fourth-order valence-electron chi connectivity index (χ4n) is 1.52. The molecule has 0 fully saturated rings. The lowest BCUT2D eigenvalue weighted by atomic mass is 10.1. The van der Waals surface area contributed by atoms with Crippen molar-refractivity contribution in [3.05, 3.63) is 18.1 Å². The molecule has 1 aromatic heterocycles. The van der Waals surface area contributed by atoms with Gasteiger partial charge in [0.1, 0.15) is 12.1 Å². The van der Waals surface area contributed by atoms with Crippen LogP contribution in [0.2, 0.25) is 0 Å². The topological polar surface area (TPSA) is 37.8 Å². The van der Waals surface area contributed by atoms with Crippen molar-refractivity contribution in [3.8, 4) is 12.3 Å². The summed E-state index contributed by atoms with van der Waals surface area (Å²) in [6, 6.07) is 2.30. The van der Waals surface area contributed by atoms with Gasteiger partial charge in [-0.2, -0.15) is 0 Å². The number of hydrogen-bond acceptors (Lipinski definition) is 3. The van der Waals surface area contributed by atoms with Crippen LogP contribution in [0.5, 0.6) is 0 Å². The van der Waals surface area contributed by atoms with Crippen molar-refractivity contribution < 1.29 is 0 Å². The standard InChI is InChI=1S/C13H19N3/c1-4-7-11(6-3)16-13-9-12(8-5-2)14-10-15-13/h1,9-11H,5-8H2,2-3H3,(H,14,15,16). The molecule has 0 aliphatic heterocycles. The molecule has 0 bridgehead atoms. The molecule has 0 aliphatic carbocycles. The van der Waals surface area contributed by atoms with Crippen LogP contribution in [0, 0.1) is 12.3 Å². The van der Waals surface area contributed by atoms with E-state index in [2.05, 4.69) is 35.1 Å². The average molecular weight is 217 g/mol. The van der Waals surface area contributed by atoms with Crippen LogP contribution in [0.1, 0.15) is 38.8 Å². The van der Waals surface area contributed by atoms with Gasteiger partial charge >= 0.3 is 0 Å². The van der Waals surface area contributed by atoms with E-state index >= 15 is 0 Å². The predicted molar refractivity (Wildman–Crippen MR) is 67.2 cm³/mol. The number of anilines is 1. The van der Waals surface area contributed by atoms with Crippen LogP contribution in [0.3, 0.4) is 0 Å². The normalized spacial score (nSPS) is 11.8. The van der Waals surface area contributed by atoms with E-state index < -0.39 is 0 Å². The minimum atomic E-state index is 0.300. The largest absolute Gasteiger partial charge is 0.366 e. The number of aryl methyl sites for hydroxylation is 1. The second-order valence-corrected chi connectivity index (χ2v) is 3.80. The molecular formula is C13H19N3. The molecule has 1 N–H and O–H groups in total. The average Bonchev–Trinajstić information content (AvgIpc) is 2.29. The van der Waals surface area contributed by atoms with Crippen molar-refractivity contribution in [2.24, 2.45) is 0 Å². The molecule has 86 valence electrons. The summed E-state index contributed by atoms with van der Waals surface area (Å²) in [5.41, 5.74) is 1.08. The number of terminal acetylenes is 1. The minimum Gasteiger partial charge on any atom is -0.366 e. The van der Waals surface area contributed by atoms with Crippen LogP contribution in [0.15, 0.2) is 12.4 Å². The Kier molecular flexibility index (Phi) is 5.35. The Morgan fingerprint density at radius 3 is 2.88 bits per heavy atom. The first-order chi connectivity index (χ1) is 7.80. The third-order valence-corrected chi connectivity index (χ3v) is 2.44. The lowest BCUT2D eigenvalue weighted by Crippen LogP contribution is -2.18. The zero-order chi connectivity index (χ0) is 11.8. The second kappa shape index (κ2) is 6.84. The van der Waals surface area contributed by atoms with Crippen molar-refractivity contribution in [3.63, 3.8) is 0 Å². The number of hydrogen-bond donors (Lipinski definition) is 1. The van der Waals surface area contributed by atoms with Gasteiger partial charge in [0.25, 0.3) is 0 Å². The highest BCUT2D eigenvalue weighted by Gasteiger charge is 2.05. The Labute approximate surface area is 97.7 Å². The SMILES string of the molecule is C#CCC(CC)Nc1cc(CCC)ncn1. The van der Waals surface area contributed by atoms with E-state index in [0.717, 1.165) is 37.2 Å². The van der Waals surface area contributed by atoms with Gasteiger partial charge in [0, 0.05) is 24.2 Å².